The highest BCUT2D eigenvalue weighted by Crippen LogP contribution is 2.34. The van der Waals surface area contributed by atoms with Crippen molar-refractivity contribution in [1.82, 2.24) is 4.31 Å². The van der Waals surface area contributed by atoms with Crippen molar-refractivity contribution in [2.24, 2.45) is 0 Å². The molecule has 0 spiro atoms. The molecule has 0 radical (unpaired) electrons. The van der Waals surface area contributed by atoms with E-state index in [1.54, 1.807) is 36.4 Å². The van der Waals surface area contributed by atoms with Crippen molar-refractivity contribution < 1.29 is 13.2 Å². The normalized spacial score (nSPS) is 11.7. The number of sulfonamides is 1. The lowest BCUT2D eigenvalue weighted by atomic mass is 10.0. The Balaban J connectivity index is 2.72. The smallest absolute Gasteiger partial charge is 0.243 e. The van der Waals surface area contributed by atoms with E-state index in [4.69, 9.17) is 11.6 Å². The first-order chi connectivity index (χ1) is 10.8. The molecular weight excluding hydrogens is 354 g/mol. The van der Waals surface area contributed by atoms with Gasteiger partial charge in [-0.2, -0.15) is 12.6 Å². The Morgan fingerprint density at radius 2 is 1.78 bits per heavy atom. The average Bonchev–Trinajstić information content (AvgIpc) is 2.54. The summed E-state index contributed by atoms with van der Waals surface area (Å²) in [6.07, 6.45) is 0. The molecule has 0 aliphatic carbocycles. The number of halogens is 1. The molecule has 0 heterocycles. The third-order valence-electron chi connectivity index (χ3n) is 3.37. The van der Waals surface area contributed by atoms with Crippen molar-refractivity contribution in [3.8, 4) is 11.1 Å². The van der Waals surface area contributed by atoms with Crippen LogP contribution in [0, 0.1) is 0 Å². The SMILES string of the molecule is CN(C)S(=O)(=O)c1ccccc1-c1cc(C(=O)CS)ccc1Cl. The molecule has 0 amide bonds. The van der Waals surface area contributed by atoms with Crippen LogP contribution < -0.4 is 0 Å². The van der Waals surface area contributed by atoms with Crippen molar-refractivity contribution in [3.05, 3.63) is 53.1 Å². The molecule has 0 aromatic heterocycles. The molecule has 2 aromatic rings. The molecule has 0 saturated heterocycles. The van der Waals surface area contributed by atoms with Crippen LogP contribution in [0.2, 0.25) is 5.02 Å². The monoisotopic (exact) mass is 369 g/mol. The Kier molecular flexibility index (Phi) is 5.52. The summed E-state index contributed by atoms with van der Waals surface area (Å²) >= 11 is 10.2. The molecule has 7 heteroatoms. The number of ketones is 1. The Bertz CT molecular complexity index is 848. The highest BCUT2D eigenvalue weighted by atomic mass is 35.5. The Morgan fingerprint density at radius 3 is 2.39 bits per heavy atom. The van der Waals surface area contributed by atoms with Crippen LogP contribution in [0.1, 0.15) is 10.4 Å². The second-order valence-electron chi connectivity index (χ2n) is 5.06. The van der Waals surface area contributed by atoms with Crippen LogP contribution in [0.3, 0.4) is 0 Å². The summed E-state index contributed by atoms with van der Waals surface area (Å²) in [6.45, 7) is 0. The zero-order chi connectivity index (χ0) is 17.2. The first kappa shape index (κ1) is 18.0. The van der Waals surface area contributed by atoms with Crippen LogP contribution in [0.25, 0.3) is 11.1 Å². The molecule has 122 valence electrons. The van der Waals surface area contributed by atoms with Gasteiger partial charge in [-0.1, -0.05) is 29.8 Å². The van der Waals surface area contributed by atoms with E-state index in [2.05, 4.69) is 12.6 Å². The minimum Gasteiger partial charge on any atom is -0.293 e. The zero-order valence-corrected chi connectivity index (χ0v) is 15.1. The minimum atomic E-state index is -3.64. The topological polar surface area (TPSA) is 54.5 Å². The molecule has 0 saturated carbocycles. The lowest BCUT2D eigenvalue weighted by molar-refractivity contribution is 0.102. The van der Waals surface area contributed by atoms with E-state index in [-0.39, 0.29) is 16.4 Å². The van der Waals surface area contributed by atoms with Crippen LogP contribution in [0.5, 0.6) is 0 Å². The number of hydrogen-bond donors (Lipinski definition) is 1. The molecule has 4 nitrogen and oxygen atoms in total. The van der Waals surface area contributed by atoms with Gasteiger partial charge in [0.25, 0.3) is 0 Å². The lowest BCUT2D eigenvalue weighted by Crippen LogP contribution is -2.22. The maximum Gasteiger partial charge on any atom is 0.243 e. The first-order valence-electron chi connectivity index (χ1n) is 6.74. The Hall–Kier alpha value is -1.34. The fourth-order valence-electron chi connectivity index (χ4n) is 2.11. The Morgan fingerprint density at radius 1 is 1.13 bits per heavy atom. The minimum absolute atomic E-state index is 0.0682. The van der Waals surface area contributed by atoms with Gasteiger partial charge in [0.1, 0.15) is 0 Å². The van der Waals surface area contributed by atoms with Crippen molar-refractivity contribution >= 4 is 40.0 Å². The summed E-state index contributed by atoms with van der Waals surface area (Å²) in [5, 5.41) is 0.377. The van der Waals surface area contributed by atoms with E-state index in [0.29, 0.717) is 21.7 Å². The molecular formula is C16H16ClNO3S2. The summed E-state index contributed by atoms with van der Waals surface area (Å²) in [5.74, 6) is -0.0854. The summed E-state index contributed by atoms with van der Waals surface area (Å²) in [4.78, 5) is 12.0. The van der Waals surface area contributed by atoms with Gasteiger partial charge in [-0.3, -0.25) is 4.79 Å². The molecule has 0 aliphatic heterocycles. The van der Waals surface area contributed by atoms with Gasteiger partial charge in [-0.05, 0) is 24.3 Å². The van der Waals surface area contributed by atoms with Crippen molar-refractivity contribution in [2.75, 3.05) is 19.8 Å². The van der Waals surface area contributed by atoms with Gasteiger partial charge in [-0.15, -0.1) is 0 Å². The average molecular weight is 370 g/mol. The summed E-state index contributed by atoms with van der Waals surface area (Å²) in [6, 6.07) is 11.4. The van der Waals surface area contributed by atoms with Crippen LogP contribution in [0.4, 0.5) is 0 Å². The van der Waals surface area contributed by atoms with E-state index >= 15 is 0 Å². The predicted octanol–water partition coefficient (Wildman–Crippen LogP) is 3.37. The quantitative estimate of drug-likeness (QED) is 0.649. The molecule has 0 atom stereocenters. The van der Waals surface area contributed by atoms with Crippen LogP contribution >= 0.6 is 24.2 Å². The molecule has 2 rings (SSSR count). The second-order valence-corrected chi connectivity index (χ2v) is 7.90. The summed E-state index contributed by atoms with van der Waals surface area (Å²) in [7, 11) is -0.703. The third kappa shape index (κ3) is 3.61. The maximum absolute atomic E-state index is 12.5. The highest BCUT2D eigenvalue weighted by Gasteiger charge is 2.23. The van der Waals surface area contributed by atoms with E-state index < -0.39 is 10.0 Å². The standard InChI is InChI=1S/C16H16ClNO3S2/c1-18(2)23(20,21)16-6-4-3-5-12(16)13-9-11(15(19)10-22)7-8-14(13)17/h3-9,22H,10H2,1-2H3. The van der Waals surface area contributed by atoms with Gasteiger partial charge in [0.05, 0.1) is 10.6 Å². The number of nitrogens with zero attached hydrogens (tertiary/aromatic N) is 1. The number of hydrogen-bond acceptors (Lipinski definition) is 4. The van der Waals surface area contributed by atoms with E-state index in [9.17, 15) is 13.2 Å². The van der Waals surface area contributed by atoms with E-state index in [0.717, 1.165) is 4.31 Å². The number of rotatable bonds is 5. The second kappa shape index (κ2) is 7.05. The number of carbonyl (C=O) groups is 1. The molecule has 0 fully saturated rings. The summed E-state index contributed by atoms with van der Waals surface area (Å²) < 4.78 is 26.2. The molecule has 0 unspecified atom stereocenters. The molecule has 2 aromatic carbocycles. The lowest BCUT2D eigenvalue weighted by Gasteiger charge is -2.16. The van der Waals surface area contributed by atoms with Crippen LogP contribution in [0.15, 0.2) is 47.4 Å². The maximum atomic E-state index is 12.5. The zero-order valence-electron chi connectivity index (χ0n) is 12.7. The fourth-order valence-corrected chi connectivity index (χ4v) is 3.61. The Labute approximate surface area is 146 Å². The van der Waals surface area contributed by atoms with Gasteiger partial charge in [-0.25, -0.2) is 12.7 Å². The first-order valence-corrected chi connectivity index (χ1v) is 9.19. The predicted molar refractivity (Wildman–Crippen MR) is 95.9 cm³/mol. The van der Waals surface area contributed by atoms with Gasteiger partial charge in [0.2, 0.25) is 10.0 Å². The van der Waals surface area contributed by atoms with Crippen LogP contribution in [-0.2, 0) is 10.0 Å². The fraction of sp³-hybridized carbons (Fsp3) is 0.188. The van der Waals surface area contributed by atoms with Gasteiger partial charge >= 0.3 is 0 Å². The van der Waals surface area contributed by atoms with E-state index in [1.165, 1.54) is 20.2 Å². The van der Waals surface area contributed by atoms with Gasteiger partial charge in [0.15, 0.2) is 5.78 Å². The van der Waals surface area contributed by atoms with Crippen molar-refractivity contribution in [2.45, 2.75) is 4.90 Å². The number of Topliss-reactive ketones (excluding diaryl/α,β-unsaturated/α-hetero) is 1. The van der Waals surface area contributed by atoms with Crippen molar-refractivity contribution in [1.29, 1.82) is 0 Å². The molecule has 23 heavy (non-hydrogen) atoms. The van der Waals surface area contributed by atoms with E-state index in [1.807, 2.05) is 0 Å². The third-order valence-corrected chi connectivity index (χ3v) is 5.86. The van der Waals surface area contributed by atoms with Gasteiger partial charge < -0.3 is 0 Å². The molecule has 0 bridgehead atoms. The number of thiol groups is 1. The number of benzene rings is 2. The highest BCUT2D eigenvalue weighted by molar-refractivity contribution is 7.89. The molecule has 0 aliphatic rings. The van der Waals surface area contributed by atoms with Gasteiger partial charge in [0, 0.05) is 35.8 Å². The number of carbonyl (C=O) groups excluding carboxylic acids is 1. The molecule has 0 N–H and O–H groups in total. The van der Waals surface area contributed by atoms with Crippen molar-refractivity contribution in [3.63, 3.8) is 0 Å². The van der Waals surface area contributed by atoms with Crippen LogP contribution in [-0.4, -0.2) is 38.4 Å². The largest absolute Gasteiger partial charge is 0.293 e. The summed E-state index contributed by atoms with van der Waals surface area (Å²) in [5.41, 5.74) is 1.40.